The topological polar surface area (TPSA) is 24.5 Å². The lowest BCUT2D eigenvalue weighted by Crippen LogP contribution is -2.45. The molecule has 3 atom stereocenters. The lowest BCUT2D eigenvalue weighted by molar-refractivity contribution is 0.166. The summed E-state index contributed by atoms with van der Waals surface area (Å²) < 4.78 is 5.55. The fourth-order valence-corrected chi connectivity index (χ4v) is 3.05. The molecule has 3 heteroatoms. The highest BCUT2D eigenvalue weighted by molar-refractivity contribution is 4.84. The van der Waals surface area contributed by atoms with Gasteiger partial charge in [-0.15, -0.1) is 0 Å². The molecule has 0 saturated carbocycles. The molecule has 0 aromatic rings. The van der Waals surface area contributed by atoms with Gasteiger partial charge in [0.05, 0.1) is 6.61 Å². The first kappa shape index (κ1) is 13.3. The Kier molecular flexibility index (Phi) is 5.26. The van der Waals surface area contributed by atoms with E-state index in [0.29, 0.717) is 6.04 Å². The fourth-order valence-electron chi connectivity index (χ4n) is 3.05. The van der Waals surface area contributed by atoms with Crippen molar-refractivity contribution in [3.8, 4) is 0 Å². The summed E-state index contributed by atoms with van der Waals surface area (Å²) in [5.74, 6) is 1.62. The summed E-state index contributed by atoms with van der Waals surface area (Å²) in [6.45, 7) is 11.5. The van der Waals surface area contributed by atoms with E-state index in [2.05, 4.69) is 24.1 Å². The lowest BCUT2D eigenvalue weighted by Gasteiger charge is -2.28. The van der Waals surface area contributed by atoms with Crippen LogP contribution >= 0.6 is 0 Å². The third-order valence-corrected chi connectivity index (χ3v) is 4.15. The molecule has 1 N–H and O–H groups in total. The van der Waals surface area contributed by atoms with E-state index in [1.54, 1.807) is 0 Å². The van der Waals surface area contributed by atoms with Crippen LogP contribution in [0.3, 0.4) is 0 Å². The van der Waals surface area contributed by atoms with Crippen molar-refractivity contribution >= 4 is 0 Å². The molecule has 0 aromatic carbocycles. The molecule has 2 heterocycles. The van der Waals surface area contributed by atoms with Crippen molar-refractivity contribution in [3.05, 3.63) is 0 Å². The Morgan fingerprint density at radius 2 is 2.29 bits per heavy atom. The molecular formula is C14H28N2O. The van der Waals surface area contributed by atoms with Crippen molar-refractivity contribution in [3.63, 3.8) is 0 Å². The lowest BCUT2D eigenvalue weighted by atomic mass is 9.98. The number of nitrogens with one attached hydrogen (secondary N) is 1. The molecule has 2 fully saturated rings. The van der Waals surface area contributed by atoms with Crippen LogP contribution in [0.2, 0.25) is 0 Å². The van der Waals surface area contributed by atoms with Crippen molar-refractivity contribution in [1.29, 1.82) is 0 Å². The van der Waals surface area contributed by atoms with Crippen molar-refractivity contribution in [2.45, 2.75) is 39.2 Å². The zero-order valence-corrected chi connectivity index (χ0v) is 11.5. The third-order valence-electron chi connectivity index (χ3n) is 4.15. The highest BCUT2D eigenvalue weighted by Gasteiger charge is 2.28. The zero-order chi connectivity index (χ0) is 12.1. The van der Waals surface area contributed by atoms with Gasteiger partial charge >= 0.3 is 0 Å². The molecule has 0 bridgehead atoms. The monoisotopic (exact) mass is 240 g/mol. The van der Waals surface area contributed by atoms with Crippen LogP contribution in [0.4, 0.5) is 0 Å². The van der Waals surface area contributed by atoms with Crippen LogP contribution in [0.1, 0.15) is 33.1 Å². The van der Waals surface area contributed by atoms with Gasteiger partial charge < -0.3 is 15.0 Å². The molecule has 2 rings (SSSR count). The number of hydrogen-bond acceptors (Lipinski definition) is 3. The van der Waals surface area contributed by atoms with Crippen molar-refractivity contribution in [2.24, 2.45) is 11.8 Å². The molecule has 0 aliphatic carbocycles. The molecular weight excluding hydrogens is 212 g/mol. The van der Waals surface area contributed by atoms with Crippen molar-refractivity contribution < 1.29 is 4.74 Å². The first-order chi connectivity index (χ1) is 8.29. The Balaban J connectivity index is 1.81. The summed E-state index contributed by atoms with van der Waals surface area (Å²) in [5, 5.41) is 3.73. The summed E-state index contributed by atoms with van der Waals surface area (Å²) in [6, 6.07) is 0.641. The molecule has 3 unspecified atom stereocenters. The van der Waals surface area contributed by atoms with Crippen LogP contribution < -0.4 is 5.32 Å². The molecule has 2 aliphatic rings. The Hall–Kier alpha value is -0.120. The number of hydrogen-bond donors (Lipinski definition) is 1. The standard InChI is InChI=1S/C14H28N2O/c1-3-6-15-14(13-5-8-17-11-13)10-16-7-4-12(2)9-16/h12-15H,3-11H2,1-2H3. The first-order valence-electron chi connectivity index (χ1n) is 7.33. The smallest absolute Gasteiger partial charge is 0.0510 e. The molecule has 0 amide bonds. The number of nitrogens with zero attached hydrogens (tertiary/aromatic N) is 1. The summed E-state index contributed by atoms with van der Waals surface area (Å²) in [4.78, 5) is 2.64. The molecule has 100 valence electrons. The first-order valence-corrected chi connectivity index (χ1v) is 7.33. The Morgan fingerprint density at radius 1 is 1.41 bits per heavy atom. The minimum Gasteiger partial charge on any atom is -0.381 e. The minimum atomic E-state index is 0.641. The van der Waals surface area contributed by atoms with Gasteiger partial charge in [0.2, 0.25) is 0 Å². The minimum absolute atomic E-state index is 0.641. The highest BCUT2D eigenvalue weighted by atomic mass is 16.5. The van der Waals surface area contributed by atoms with Gasteiger partial charge in [0.1, 0.15) is 0 Å². The van der Waals surface area contributed by atoms with Gasteiger partial charge in [-0.25, -0.2) is 0 Å². The van der Waals surface area contributed by atoms with Crippen LogP contribution in [-0.4, -0.2) is 50.3 Å². The SMILES string of the molecule is CCCNC(CN1CCC(C)C1)C1CCOC1. The van der Waals surface area contributed by atoms with Gasteiger partial charge in [0.15, 0.2) is 0 Å². The number of ether oxygens (including phenoxy) is 1. The summed E-state index contributed by atoms with van der Waals surface area (Å²) >= 11 is 0. The molecule has 0 aromatic heterocycles. The predicted molar refractivity (Wildman–Crippen MR) is 71.2 cm³/mol. The van der Waals surface area contributed by atoms with Gasteiger partial charge in [-0.2, -0.15) is 0 Å². The predicted octanol–water partition coefficient (Wildman–Crippen LogP) is 1.73. The molecule has 17 heavy (non-hydrogen) atoms. The average Bonchev–Trinajstić information content (AvgIpc) is 2.95. The summed E-state index contributed by atoms with van der Waals surface area (Å²) in [7, 11) is 0. The van der Waals surface area contributed by atoms with E-state index in [1.165, 1.54) is 38.9 Å². The maximum absolute atomic E-state index is 5.55. The van der Waals surface area contributed by atoms with Crippen LogP contribution in [0.25, 0.3) is 0 Å². The van der Waals surface area contributed by atoms with E-state index in [9.17, 15) is 0 Å². The fraction of sp³-hybridized carbons (Fsp3) is 1.00. The zero-order valence-electron chi connectivity index (χ0n) is 11.5. The van der Waals surface area contributed by atoms with Crippen LogP contribution in [0.5, 0.6) is 0 Å². The second-order valence-electron chi connectivity index (χ2n) is 5.84. The van der Waals surface area contributed by atoms with E-state index in [1.807, 2.05) is 0 Å². The molecule has 0 spiro atoms. The van der Waals surface area contributed by atoms with E-state index in [-0.39, 0.29) is 0 Å². The maximum atomic E-state index is 5.55. The second-order valence-corrected chi connectivity index (χ2v) is 5.84. The summed E-state index contributed by atoms with van der Waals surface area (Å²) in [6.07, 6.45) is 3.84. The number of rotatable bonds is 6. The van der Waals surface area contributed by atoms with Gasteiger partial charge in [0.25, 0.3) is 0 Å². The van der Waals surface area contributed by atoms with Crippen molar-refractivity contribution in [2.75, 3.05) is 39.4 Å². The molecule has 2 aliphatic heterocycles. The average molecular weight is 240 g/mol. The third kappa shape index (κ3) is 3.94. The van der Waals surface area contributed by atoms with Gasteiger partial charge in [-0.3, -0.25) is 0 Å². The quantitative estimate of drug-likeness (QED) is 0.765. The number of likely N-dealkylation sites (tertiary alicyclic amines) is 1. The largest absolute Gasteiger partial charge is 0.381 e. The van der Waals surface area contributed by atoms with E-state index in [0.717, 1.165) is 31.6 Å². The van der Waals surface area contributed by atoms with E-state index in [4.69, 9.17) is 4.74 Å². The van der Waals surface area contributed by atoms with Crippen LogP contribution in [0.15, 0.2) is 0 Å². The Labute approximate surface area is 106 Å². The Morgan fingerprint density at radius 3 is 2.88 bits per heavy atom. The van der Waals surface area contributed by atoms with Gasteiger partial charge in [0, 0.05) is 31.7 Å². The molecule has 3 nitrogen and oxygen atoms in total. The molecule has 2 saturated heterocycles. The Bertz CT molecular complexity index is 216. The van der Waals surface area contributed by atoms with Crippen molar-refractivity contribution in [1.82, 2.24) is 10.2 Å². The van der Waals surface area contributed by atoms with Crippen LogP contribution in [-0.2, 0) is 4.74 Å². The van der Waals surface area contributed by atoms with E-state index >= 15 is 0 Å². The summed E-state index contributed by atoms with van der Waals surface area (Å²) in [5.41, 5.74) is 0. The maximum Gasteiger partial charge on any atom is 0.0510 e. The second kappa shape index (κ2) is 6.72. The molecule has 0 radical (unpaired) electrons. The highest BCUT2D eigenvalue weighted by Crippen LogP contribution is 2.21. The van der Waals surface area contributed by atoms with Gasteiger partial charge in [-0.05, 0) is 38.3 Å². The van der Waals surface area contributed by atoms with Gasteiger partial charge in [-0.1, -0.05) is 13.8 Å². The van der Waals surface area contributed by atoms with Crippen LogP contribution in [0, 0.1) is 11.8 Å². The normalized spacial score (nSPS) is 32.1. The van der Waals surface area contributed by atoms with E-state index < -0.39 is 0 Å².